The lowest BCUT2D eigenvalue weighted by molar-refractivity contribution is 0.0697. The summed E-state index contributed by atoms with van der Waals surface area (Å²) in [6.45, 7) is 4.78. The minimum atomic E-state index is -0.931. The molecule has 0 spiro atoms. The van der Waals surface area contributed by atoms with Gasteiger partial charge in [0.05, 0.1) is 16.9 Å². The standard InChI is InChI=1S/C18H20N2S.C7H7NO2/c1-3-9-17-15(7-1)20(14-13-19-11-5-6-12-19)16-8-2-4-10-18(16)21-17;8-6-3-1-5(2-4-6)7(9)10/h1-4,7-10H,5-6,11-14H2;1-4H,8H2,(H,9,10). The number of carboxylic acids is 1. The van der Waals surface area contributed by atoms with Crippen molar-refractivity contribution in [3.8, 4) is 0 Å². The molecular weight excluding hydrogens is 406 g/mol. The first-order valence-corrected chi connectivity index (χ1v) is 11.4. The van der Waals surface area contributed by atoms with Crippen LogP contribution in [0.15, 0.2) is 82.6 Å². The molecule has 0 amide bonds. The number of nitrogen functional groups attached to an aromatic ring is 1. The molecule has 0 aromatic heterocycles. The van der Waals surface area contributed by atoms with Crippen molar-refractivity contribution in [2.24, 2.45) is 0 Å². The van der Waals surface area contributed by atoms with Crippen LogP contribution >= 0.6 is 11.8 Å². The van der Waals surface area contributed by atoms with E-state index >= 15 is 0 Å². The Morgan fingerprint density at radius 1 is 0.839 bits per heavy atom. The van der Waals surface area contributed by atoms with Crippen molar-refractivity contribution in [1.29, 1.82) is 0 Å². The Bertz CT molecular complexity index is 987. The average molecular weight is 434 g/mol. The Labute approximate surface area is 187 Å². The van der Waals surface area contributed by atoms with Gasteiger partial charge in [-0.1, -0.05) is 36.0 Å². The van der Waals surface area contributed by atoms with Gasteiger partial charge in [0.2, 0.25) is 0 Å². The fourth-order valence-electron chi connectivity index (χ4n) is 3.90. The zero-order valence-electron chi connectivity index (χ0n) is 17.4. The van der Waals surface area contributed by atoms with E-state index in [0.717, 1.165) is 13.1 Å². The molecule has 0 bridgehead atoms. The van der Waals surface area contributed by atoms with E-state index in [1.54, 1.807) is 12.1 Å². The van der Waals surface area contributed by atoms with Gasteiger partial charge in [-0.3, -0.25) is 0 Å². The minimum absolute atomic E-state index is 0.259. The number of likely N-dealkylation sites (tertiary alicyclic amines) is 1. The molecular formula is C25H27N3O2S. The molecule has 5 rings (SSSR count). The molecule has 160 valence electrons. The summed E-state index contributed by atoms with van der Waals surface area (Å²) in [5, 5.41) is 8.43. The van der Waals surface area contributed by atoms with Crippen LogP contribution in [0.25, 0.3) is 0 Å². The number of rotatable bonds is 4. The molecule has 3 N–H and O–H groups in total. The second-order valence-corrected chi connectivity index (χ2v) is 8.75. The van der Waals surface area contributed by atoms with E-state index < -0.39 is 5.97 Å². The van der Waals surface area contributed by atoms with Gasteiger partial charge in [0.25, 0.3) is 0 Å². The van der Waals surface area contributed by atoms with E-state index in [4.69, 9.17) is 10.8 Å². The lowest BCUT2D eigenvalue weighted by Gasteiger charge is -2.33. The Hall–Kier alpha value is -2.96. The van der Waals surface area contributed by atoms with E-state index in [2.05, 4.69) is 58.3 Å². The number of carboxylic acid groups (broad SMARTS) is 1. The number of para-hydroxylation sites is 2. The highest BCUT2D eigenvalue weighted by Gasteiger charge is 2.23. The Balaban J connectivity index is 0.000000196. The first-order valence-electron chi connectivity index (χ1n) is 10.6. The zero-order valence-corrected chi connectivity index (χ0v) is 18.2. The summed E-state index contributed by atoms with van der Waals surface area (Å²) in [5.74, 6) is -0.931. The quantitative estimate of drug-likeness (QED) is 0.541. The van der Waals surface area contributed by atoms with Gasteiger partial charge < -0.3 is 20.6 Å². The number of hydrogen-bond donors (Lipinski definition) is 2. The van der Waals surface area contributed by atoms with Gasteiger partial charge in [-0.2, -0.15) is 0 Å². The largest absolute Gasteiger partial charge is 0.478 e. The van der Waals surface area contributed by atoms with Crippen molar-refractivity contribution >= 4 is 34.8 Å². The van der Waals surface area contributed by atoms with Gasteiger partial charge in [-0.25, -0.2) is 4.79 Å². The molecule has 2 aliphatic rings. The summed E-state index contributed by atoms with van der Waals surface area (Å²) in [4.78, 5) is 18.1. The van der Waals surface area contributed by atoms with E-state index in [1.807, 2.05) is 11.8 Å². The van der Waals surface area contributed by atoms with Crippen molar-refractivity contribution in [2.75, 3.05) is 36.8 Å². The van der Waals surface area contributed by atoms with Gasteiger partial charge >= 0.3 is 5.97 Å². The lowest BCUT2D eigenvalue weighted by atomic mass is 10.2. The maximum Gasteiger partial charge on any atom is 0.335 e. The van der Waals surface area contributed by atoms with Crippen molar-refractivity contribution in [1.82, 2.24) is 4.90 Å². The monoisotopic (exact) mass is 433 g/mol. The summed E-state index contributed by atoms with van der Waals surface area (Å²) >= 11 is 1.89. The van der Waals surface area contributed by atoms with Crippen LogP contribution in [0.1, 0.15) is 23.2 Å². The number of aromatic carboxylic acids is 1. The Morgan fingerprint density at radius 3 is 1.94 bits per heavy atom. The lowest BCUT2D eigenvalue weighted by Crippen LogP contribution is -2.32. The first kappa shape index (κ1) is 21.3. The third-order valence-electron chi connectivity index (χ3n) is 5.53. The van der Waals surface area contributed by atoms with Gasteiger partial charge in [0.1, 0.15) is 0 Å². The number of hydrogen-bond acceptors (Lipinski definition) is 5. The molecule has 0 radical (unpaired) electrons. The van der Waals surface area contributed by atoms with Crippen molar-refractivity contribution < 1.29 is 9.90 Å². The molecule has 2 aliphatic heterocycles. The molecule has 0 saturated carbocycles. The molecule has 0 unspecified atom stereocenters. The maximum atomic E-state index is 10.3. The highest BCUT2D eigenvalue weighted by atomic mass is 32.2. The summed E-state index contributed by atoms with van der Waals surface area (Å²) < 4.78 is 0. The predicted molar refractivity (Wildman–Crippen MR) is 128 cm³/mol. The number of benzene rings is 3. The topological polar surface area (TPSA) is 69.8 Å². The second-order valence-electron chi connectivity index (χ2n) is 7.67. The Kier molecular flexibility index (Phi) is 6.79. The van der Waals surface area contributed by atoms with Crippen molar-refractivity contribution in [3.63, 3.8) is 0 Å². The van der Waals surface area contributed by atoms with E-state index in [9.17, 15) is 4.79 Å². The second kappa shape index (κ2) is 9.90. The van der Waals surface area contributed by atoms with Gasteiger partial charge in [0, 0.05) is 28.6 Å². The molecule has 1 fully saturated rings. The highest BCUT2D eigenvalue weighted by molar-refractivity contribution is 7.99. The molecule has 5 nitrogen and oxygen atoms in total. The number of anilines is 3. The minimum Gasteiger partial charge on any atom is -0.478 e. The molecule has 0 aliphatic carbocycles. The summed E-state index contributed by atoms with van der Waals surface area (Å²) in [6, 6.07) is 23.6. The normalized spacial score (nSPS) is 14.9. The average Bonchev–Trinajstić information content (AvgIpc) is 3.31. The molecule has 6 heteroatoms. The van der Waals surface area contributed by atoms with Crippen LogP contribution in [0.5, 0.6) is 0 Å². The smallest absolute Gasteiger partial charge is 0.335 e. The fraction of sp³-hybridized carbons (Fsp3) is 0.240. The number of carbonyl (C=O) groups is 1. The fourth-order valence-corrected chi connectivity index (χ4v) is 4.99. The maximum absolute atomic E-state index is 10.3. The number of nitrogens with two attached hydrogens (primary N) is 1. The van der Waals surface area contributed by atoms with Crippen LogP contribution < -0.4 is 10.6 Å². The van der Waals surface area contributed by atoms with Crippen molar-refractivity contribution in [2.45, 2.75) is 22.6 Å². The third kappa shape index (κ3) is 5.21. The van der Waals surface area contributed by atoms with Crippen LogP contribution in [0.2, 0.25) is 0 Å². The molecule has 1 saturated heterocycles. The number of nitrogens with zero attached hydrogens (tertiary/aromatic N) is 2. The number of fused-ring (bicyclic) bond motifs is 2. The summed E-state index contributed by atoms with van der Waals surface area (Å²) in [7, 11) is 0. The summed E-state index contributed by atoms with van der Waals surface area (Å²) in [6.07, 6.45) is 2.73. The molecule has 3 aromatic carbocycles. The highest BCUT2D eigenvalue weighted by Crippen LogP contribution is 2.47. The molecule has 2 heterocycles. The first-order chi connectivity index (χ1) is 15.1. The van der Waals surface area contributed by atoms with E-state index in [1.165, 1.54) is 59.2 Å². The van der Waals surface area contributed by atoms with Gasteiger partial charge in [-0.05, 0) is 74.5 Å². The Morgan fingerprint density at radius 2 is 1.39 bits per heavy atom. The van der Waals surface area contributed by atoms with Crippen LogP contribution in [0.3, 0.4) is 0 Å². The zero-order chi connectivity index (χ0) is 21.6. The molecule has 3 aromatic rings. The van der Waals surface area contributed by atoms with Crippen LogP contribution in [0.4, 0.5) is 17.1 Å². The molecule has 31 heavy (non-hydrogen) atoms. The van der Waals surface area contributed by atoms with Crippen LogP contribution in [-0.4, -0.2) is 42.2 Å². The third-order valence-corrected chi connectivity index (χ3v) is 6.66. The van der Waals surface area contributed by atoms with Crippen LogP contribution in [0, 0.1) is 0 Å². The van der Waals surface area contributed by atoms with Gasteiger partial charge in [0.15, 0.2) is 0 Å². The predicted octanol–water partition coefficient (Wildman–Crippen LogP) is 5.35. The van der Waals surface area contributed by atoms with E-state index in [0.29, 0.717) is 5.69 Å². The van der Waals surface area contributed by atoms with Crippen LogP contribution in [-0.2, 0) is 0 Å². The summed E-state index contributed by atoms with van der Waals surface area (Å²) in [5.41, 5.74) is 8.89. The SMILES string of the molecule is Nc1ccc(C(=O)O)cc1.c1ccc2c(c1)Sc1ccccc1N2CCN1CCCC1. The van der Waals surface area contributed by atoms with Gasteiger partial charge in [-0.15, -0.1) is 0 Å². The molecule has 0 atom stereocenters. The van der Waals surface area contributed by atoms with E-state index in [-0.39, 0.29) is 5.56 Å². The van der Waals surface area contributed by atoms with Crippen molar-refractivity contribution in [3.05, 3.63) is 78.4 Å².